The quantitative estimate of drug-likeness (QED) is 0.692. The Labute approximate surface area is 88.7 Å². The van der Waals surface area contributed by atoms with Crippen LogP contribution in [0.1, 0.15) is 22.3 Å². The molecule has 2 rings (SSSR count). The number of carbonyl (C=O) groups is 2. The molecule has 0 bridgehead atoms. The molecule has 3 heteroatoms. The molecule has 3 nitrogen and oxygen atoms in total. The Hall–Kier alpha value is -1.64. The SMILES string of the molecule is Cc1cccc(C(=O)N2CCC(=O)C2)c1. The van der Waals surface area contributed by atoms with Crippen molar-refractivity contribution in [3.63, 3.8) is 0 Å². The zero-order chi connectivity index (χ0) is 10.8. The van der Waals surface area contributed by atoms with Crippen LogP contribution >= 0.6 is 0 Å². The first kappa shape index (κ1) is 9.90. The van der Waals surface area contributed by atoms with Gasteiger partial charge in [-0.3, -0.25) is 9.59 Å². The van der Waals surface area contributed by atoms with Gasteiger partial charge < -0.3 is 4.90 Å². The summed E-state index contributed by atoms with van der Waals surface area (Å²) in [6.45, 7) is 2.78. The van der Waals surface area contributed by atoms with E-state index in [1.54, 1.807) is 11.0 Å². The maximum atomic E-state index is 11.9. The average Bonchev–Trinajstić information content (AvgIpc) is 2.64. The first-order valence-electron chi connectivity index (χ1n) is 5.04. The Bertz CT molecular complexity index is 412. The highest BCUT2D eigenvalue weighted by Crippen LogP contribution is 2.12. The Kier molecular flexibility index (Phi) is 2.54. The van der Waals surface area contributed by atoms with Gasteiger partial charge in [-0.05, 0) is 19.1 Å². The lowest BCUT2D eigenvalue weighted by Gasteiger charge is -2.14. The third-order valence-corrected chi connectivity index (χ3v) is 2.58. The van der Waals surface area contributed by atoms with Gasteiger partial charge in [0.1, 0.15) is 0 Å². The number of hydrogen-bond acceptors (Lipinski definition) is 2. The molecule has 0 spiro atoms. The van der Waals surface area contributed by atoms with Crippen LogP contribution in [0.4, 0.5) is 0 Å². The average molecular weight is 203 g/mol. The zero-order valence-electron chi connectivity index (χ0n) is 8.69. The molecule has 1 amide bonds. The molecule has 1 aromatic rings. The van der Waals surface area contributed by atoms with Crippen molar-refractivity contribution in [2.24, 2.45) is 0 Å². The number of likely N-dealkylation sites (tertiary alicyclic amines) is 1. The molecule has 1 aliphatic rings. The van der Waals surface area contributed by atoms with Gasteiger partial charge in [0, 0.05) is 18.5 Å². The highest BCUT2D eigenvalue weighted by atomic mass is 16.2. The molecule has 0 saturated carbocycles. The van der Waals surface area contributed by atoms with E-state index in [-0.39, 0.29) is 18.2 Å². The molecule has 0 radical (unpaired) electrons. The topological polar surface area (TPSA) is 37.4 Å². The Morgan fingerprint density at radius 3 is 2.80 bits per heavy atom. The van der Waals surface area contributed by atoms with Crippen molar-refractivity contribution in [2.75, 3.05) is 13.1 Å². The molecule has 0 atom stereocenters. The minimum atomic E-state index is -0.0375. The summed E-state index contributed by atoms with van der Waals surface area (Å²) in [6.07, 6.45) is 0.498. The van der Waals surface area contributed by atoms with Crippen LogP contribution in [0.2, 0.25) is 0 Å². The van der Waals surface area contributed by atoms with Gasteiger partial charge in [0.25, 0.3) is 5.91 Å². The second kappa shape index (κ2) is 3.85. The number of rotatable bonds is 1. The van der Waals surface area contributed by atoms with Crippen LogP contribution in [0.3, 0.4) is 0 Å². The Balaban J connectivity index is 2.17. The van der Waals surface area contributed by atoms with Crippen LogP contribution in [0.15, 0.2) is 24.3 Å². The van der Waals surface area contributed by atoms with Crippen molar-refractivity contribution < 1.29 is 9.59 Å². The van der Waals surface area contributed by atoms with Gasteiger partial charge in [0.15, 0.2) is 5.78 Å². The summed E-state index contributed by atoms with van der Waals surface area (Å²) < 4.78 is 0. The molecule has 1 saturated heterocycles. The molecular formula is C12H13NO2. The van der Waals surface area contributed by atoms with Crippen molar-refractivity contribution in [3.8, 4) is 0 Å². The number of Topliss-reactive ketones (excluding diaryl/α,β-unsaturated/α-hetero) is 1. The van der Waals surface area contributed by atoms with E-state index in [9.17, 15) is 9.59 Å². The van der Waals surface area contributed by atoms with Gasteiger partial charge in [-0.1, -0.05) is 17.7 Å². The zero-order valence-corrected chi connectivity index (χ0v) is 8.69. The molecule has 1 heterocycles. The predicted octanol–water partition coefficient (Wildman–Crippen LogP) is 1.41. The van der Waals surface area contributed by atoms with Crippen LogP contribution in [0.25, 0.3) is 0 Å². The van der Waals surface area contributed by atoms with Crippen molar-refractivity contribution >= 4 is 11.7 Å². The number of nitrogens with zero attached hydrogens (tertiary/aromatic N) is 1. The lowest BCUT2D eigenvalue weighted by Crippen LogP contribution is -2.28. The summed E-state index contributed by atoms with van der Waals surface area (Å²) in [5.74, 6) is 0.112. The number of aryl methyl sites for hydroxylation is 1. The summed E-state index contributed by atoms with van der Waals surface area (Å²) in [6, 6.07) is 7.45. The second-order valence-electron chi connectivity index (χ2n) is 3.88. The molecule has 1 fully saturated rings. The molecular weight excluding hydrogens is 190 g/mol. The van der Waals surface area contributed by atoms with E-state index < -0.39 is 0 Å². The van der Waals surface area contributed by atoms with E-state index in [0.29, 0.717) is 18.5 Å². The fourth-order valence-corrected chi connectivity index (χ4v) is 1.76. The van der Waals surface area contributed by atoms with E-state index in [4.69, 9.17) is 0 Å². The minimum Gasteiger partial charge on any atom is -0.331 e. The lowest BCUT2D eigenvalue weighted by molar-refractivity contribution is -0.116. The van der Waals surface area contributed by atoms with Crippen LogP contribution in [-0.2, 0) is 4.79 Å². The summed E-state index contributed by atoms with van der Waals surface area (Å²) in [7, 11) is 0. The molecule has 15 heavy (non-hydrogen) atoms. The van der Waals surface area contributed by atoms with Gasteiger partial charge in [0.2, 0.25) is 0 Å². The maximum absolute atomic E-state index is 11.9. The minimum absolute atomic E-state index is 0.0375. The number of hydrogen-bond donors (Lipinski definition) is 0. The van der Waals surface area contributed by atoms with Crippen molar-refractivity contribution in [2.45, 2.75) is 13.3 Å². The highest BCUT2D eigenvalue weighted by molar-refractivity contribution is 5.98. The third kappa shape index (κ3) is 2.06. The Morgan fingerprint density at radius 2 is 2.20 bits per heavy atom. The van der Waals surface area contributed by atoms with E-state index in [1.807, 2.05) is 25.1 Å². The van der Waals surface area contributed by atoms with Crippen LogP contribution in [-0.4, -0.2) is 29.7 Å². The van der Waals surface area contributed by atoms with Crippen molar-refractivity contribution in [1.82, 2.24) is 4.90 Å². The van der Waals surface area contributed by atoms with Crippen molar-refractivity contribution in [1.29, 1.82) is 0 Å². The number of ketones is 1. The van der Waals surface area contributed by atoms with Gasteiger partial charge in [-0.25, -0.2) is 0 Å². The largest absolute Gasteiger partial charge is 0.331 e. The van der Waals surface area contributed by atoms with Gasteiger partial charge in [-0.15, -0.1) is 0 Å². The molecule has 1 aliphatic heterocycles. The fraction of sp³-hybridized carbons (Fsp3) is 0.333. The van der Waals surface area contributed by atoms with Crippen molar-refractivity contribution in [3.05, 3.63) is 35.4 Å². The van der Waals surface area contributed by atoms with E-state index in [1.165, 1.54) is 0 Å². The Morgan fingerprint density at radius 1 is 1.40 bits per heavy atom. The smallest absolute Gasteiger partial charge is 0.254 e. The lowest BCUT2D eigenvalue weighted by atomic mass is 10.1. The van der Waals surface area contributed by atoms with Crippen LogP contribution < -0.4 is 0 Å². The first-order chi connectivity index (χ1) is 7.16. The third-order valence-electron chi connectivity index (χ3n) is 2.58. The molecule has 78 valence electrons. The molecule has 0 unspecified atom stereocenters. The molecule has 0 N–H and O–H groups in total. The maximum Gasteiger partial charge on any atom is 0.254 e. The predicted molar refractivity (Wildman–Crippen MR) is 56.7 cm³/mol. The van der Waals surface area contributed by atoms with Gasteiger partial charge in [-0.2, -0.15) is 0 Å². The van der Waals surface area contributed by atoms with Gasteiger partial charge in [0.05, 0.1) is 6.54 Å². The van der Waals surface area contributed by atoms with E-state index >= 15 is 0 Å². The summed E-state index contributed by atoms with van der Waals surface area (Å²) in [4.78, 5) is 24.6. The summed E-state index contributed by atoms with van der Waals surface area (Å²) in [5, 5.41) is 0. The molecule has 1 aromatic carbocycles. The molecule has 0 aliphatic carbocycles. The van der Waals surface area contributed by atoms with Crippen LogP contribution in [0.5, 0.6) is 0 Å². The van der Waals surface area contributed by atoms with E-state index in [2.05, 4.69) is 0 Å². The van der Waals surface area contributed by atoms with E-state index in [0.717, 1.165) is 5.56 Å². The normalized spacial score (nSPS) is 15.8. The molecule has 0 aromatic heterocycles. The van der Waals surface area contributed by atoms with Crippen LogP contribution in [0, 0.1) is 6.92 Å². The summed E-state index contributed by atoms with van der Waals surface area (Å²) >= 11 is 0. The number of carbonyl (C=O) groups excluding carboxylic acids is 2. The fourth-order valence-electron chi connectivity index (χ4n) is 1.76. The first-order valence-corrected chi connectivity index (χ1v) is 5.04. The monoisotopic (exact) mass is 203 g/mol. The standard InChI is InChI=1S/C12H13NO2/c1-9-3-2-4-10(7-9)12(15)13-6-5-11(14)8-13/h2-4,7H,5-6,8H2,1H3. The number of benzene rings is 1. The second-order valence-corrected chi connectivity index (χ2v) is 3.88. The summed E-state index contributed by atoms with van der Waals surface area (Å²) in [5.41, 5.74) is 1.73. The van der Waals surface area contributed by atoms with Gasteiger partial charge >= 0.3 is 0 Å². The highest BCUT2D eigenvalue weighted by Gasteiger charge is 2.24. The number of amides is 1.